The summed E-state index contributed by atoms with van der Waals surface area (Å²) in [5.41, 5.74) is 2.63. The predicted octanol–water partition coefficient (Wildman–Crippen LogP) is 4.05. The number of fused-ring (bicyclic) bond motifs is 1. The molecule has 2 fully saturated rings. The van der Waals surface area contributed by atoms with Crippen LogP contribution in [-0.2, 0) is 21.9 Å². The van der Waals surface area contributed by atoms with E-state index >= 15 is 0 Å². The molecule has 1 aromatic carbocycles. The van der Waals surface area contributed by atoms with Gasteiger partial charge in [-0.25, -0.2) is 0 Å². The van der Waals surface area contributed by atoms with Crippen LogP contribution in [0.2, 0.25) is 0 Å². The zero-order chi connectivity index (χ0) is 15.4. The van der Waals surface area contributed by atoms with Crippen LogP contribution in [0.25, 0.3) is 5.57 Å². The molecule has 0 aromatic heterocycles. The smallest absolute Gasteiger partial charge is 0.321 e. The third-order valence-corrected chi connectivity index (χ3v) is 3.99. The number of benzene rings is 1. The Morgan fingerprint density at radius 3 is 2.13 bits per heavy atom. The van der Waals surface area contributed by atoms with Gasteiger partial charge in [0.25, 0.3) is 5.91 Å². The molecule has 2 nitrogen and oxygen atoms in total. The van der Waals surface area contributed by atoms with Crippen molar-refractivity contribution in [2.45, 2.75) is 0 Å². The van der Waals surface area contributed by atoms with Gasteiger partial charge in [0.15, 0.2) is 0 Å². The summed E-state index contributed by atoms with van der Waals surface area (Å²) >= 11 is 2.25. The third-order valence-electron chi connectivity index (χ3n) is 3.32. The fourth-order valence-electron chi connectivity index (χ4n) is 2.28. The van der Waals surface area contributed by atoms with Crippen LogP contribution in [0, 0.1) is 67.3 Å². The van der Waals surface area contributed by atoms with Gasteiger partial charge in [-0.3, -0.25) is 4.79 Å². The van der Waals surface area contributed by atoms with Gasteiger partial charge < -0.3 is 5.32 Å². The van der Waals surface area contributed by atoms with Crippen molar-refractivity contribution in [1.82, 2.24) is 0 Å². The summed E-state index contributed by atoms with van der Waals surface area (Å²) in [6.45, 7) is 0. The molecule has 0 spiro atoms. The molecule has 0 atom stereocenters. The Morgan fingerprint density at radius 2 is 1.52 bits per heavy atom. The van der Waals surface area contributed by atoms with Crippen LogP contribution < -0.4 is 5.32 Å². The molecule has 1 aliphatic heterocycles. The molecule has 0 unspecified atom stereocenters. The number of rotatable bonds is 1. The van der Waals surface area contributed by atoms with Gasteiger partial charge in [0.05, 0.1) is 0 Å². The monoisotopic (exact) mass is 455 g/mol. The van der Waals surface area contributed by atoms with E-state index in [1.165, 1.54) is 0 Å². The van der Waals surface area contributed by atoms with E-state index in [0.29, 0.717) is 0 Å². The number of hydrogen-bond acceptors (Lipinski definition) is 1. The van der Waals surface area contributed by atoms with Crippen LogP contribution in [0.3, 0.4) is 0 Å². The van der Waals surface area contributed by atoms with Crippen molar-refractivity contribution in [3.63, 3.8) is 0 Å². The van der Waals surface area contributed by atoms with Crippen LogP contribution in [0.4, 0.5) is 5.69 Å². The number of carbonyl (C=O) groups is 1. The molecule has 4 heteroatoms. The second kappa shape index (κ2) is 9.24. The van der Waals surface area contributed by atoms with E-state index in [-0.39, 0.29) is 23.0 Å². The molecule has 2 saturated carbocycles. The summed E-state index contributed by atoms with van der Waals surface area (Å²) in [6.07, 6.45) is 19.8. The van der Waals surface area contributed by atoms with Crippen molar-refractivity contribution in [2.24, 2.45) is 0 Å². The zero-order valence-electron chi connectivity index (χ0n) is 12.1. The summed E-state index contributed by atoms with van der Waals surface area (Å²) in [6, 6.07) is 5.97. The molecule has 114 valence electrons. The van der Waals surface area contributed by atoms with Crippen molar-refractivity contribution in [2.75, 3.05) is 5.32 Å². The van der Waals surface area contributed by atoms with Crippen molar-refractivity contribution >= 4 is 39.8 Å². The minimum atomic E-state index is -0.0248. The number of anilines is 1. The predicted molar refractivity (Wildman–Crippen MR) is 97.7 cm³/mol. The minimum absolute atomic E-state index is 0. The van der Waals surface area contributed by atoms with Gasteiger partial charge in [0.1, 0.15) is 0 Å². The summed E-state index contributed by atoms with van der Waals surface area (Å²) in [4.78, 5) is 11.9. The number of halogens is 1. The van der Waals surface area contributed by atoms with E-state index in [4.69, 9.17) is 0 Å². The van der Waals surface area contributed by atoms with Crippen LogP contribution in [0.5, 0.6) is 0 Å². The van der Waals surface area contributed by atoms with Crippen molar-refractivity contribution in [3.05, 3.63) is 97.1 Å². The van der Waals surface area contributed by atoms with Gasteiger partial charge in [-0.2, -0.15) is 0 Å². The first-order chi connectivity index (χ1) is 10.7. The van der Waals surface area contributed by atoms with Crippen molar-refractivity contribution in [3.8, 4) is 0 Å². The minimum Gasteiger partial charge on any atom is -0.321 e. The Labute approximate surface area is 163 Å². The normalized spacial score (nSPS) is 21.4. The number of amides is 1. The molecule has 10 radical (unpaired) electrons. The SMILES string of the molecule is O=C1Nc2ccc(I)cc2/C1=C\[C]1[CH][CH][CH][CH]1.[CH]1[CH][CH][CH][CH]1.[Fe+2]. The van der Waals surface area contributed by atoms with Crippen LogP contribution in [-0.4, -0.2) is 5.91 Å². The van der Waals surface area contributed by atoms with Gasteiger partial charge in [0.2, 0.25) is 0 Å². The average molecular weight is 455 g/mol. The second-order valence-electron chi connectivity index (χ2n) is 4.88. The zero-order valence-corrected chi connectivity index (χ0v) is 15.4. The summed E-state index contributed by atoms with van der Waals surface area (Å²) in [7, 11) is 0. The Kier molecular flexibility index (Phi) is 7.64. The van der Waals surface area contributed by atoms with Gasteiger partial charge >= 0.3 is 17.1 Å². The summed E-state index contributed by atoms with van der Waals surface area (Å²) < 4.78 is 1.13. The van der Waals surface area contributed by atoms with Crippen molar-refractivity contribution in [1.29, 1.82) is 0 Å². The van der Waals surface area contributed by atoms with Gasteiger partial charge in [0, 0.05) is 26.3 Å². The molecule has 1 amide bonds. The maximum Gasteiger partial charge on any atom is 2.00 e. The largest absolute Gasteiger partial charge is 2.00 e. The van der Waals surface area contributed by atoms with Gasteiger partial charge in [-0.15, -0.1) is 0 Å². The van der Waals surface area contributed by atoms with E-state index < -0.39 is 0 Å². The molecule has 0 bridgehead atoms. The average Bonchev–Trinajstić information content (AvgIpc) is 3.25. The molecule has 2 aliphatic carbocycles. The fraction of sp³-hybridized carbons (Fsp3) is 0. The maximum absolute atomic E-state index is 11.9. The first-order valence-corrected chi connectivity index (χ1v) is 8.03. The molecular weight excluding hydrogens is 441 g/mol. The Balaban J connectivity index is 0.000000276. The van der Waals surface area contributed by atoms with E-state index in [1.807, 2.05) is 82.1 Å². The molecule has 1 heterocycles. The van der Waals surface area contributed by atoms with Gasteiger partial charge in [-0.05, 0) is 98.6 Å². The van der Waals surface area contributed by atoms with Gasteiger partial charge in [-0.1, -0.05) is 6.08 Å². The van der Waals surface area contributed by atoms with Crippen LogP contribution in [0.15, 0.2) is 24.3 Å². The molecule has 3 aliphatic rings. The molecule has 4 rings (SSSR count). The molecule has 1 aromatic rings. The first kappa shape index (κ1) is 19.0. The number of allylic oxidation sites excluding steroid dienone is 1. The Hall–Kier alpha value is -0.321. The number of hydrogen-bond donors (Lipinski definition) is 1. The van der Waals surface area contributed by atoms with E-state index in [2.05, 4.69) is 27.9 Å². The van der Waals surface area contributed by atoms with Crippen LogP contribution >= 0.6 is 22.6 Å². The topological polar surface area (TPSA) is 29.1 Å². The standard InChI is InChI=1S/C14H9INO.C5H5.Fe/c15-10-5-6-13-11(8-10)12(14(17)16-13)7-9-3-1-2-4-9;1-2-4-5-3-1;/h1-8H,(H,16,17);1-5H;/q;;+2/b12-7+;;. The molecule has 0 saturated heterocycles. The Morgan fingerprint density at radius 1 is 0.913 bits per heavy atom. The quantitative estimate of drug-likeness (QED) is 0.387. The maximum atomic E-state index is 11.9. The summed E-state index contributed by atoms with van der Waals surface area (Å²) in [5.74, 6) is 1.03. The van der Waals surface area contributed by atoms with E-state index in [0.717, 1.165) is 26.3 Å². The second-order valence-corrected chi connectivity index (χ2v) is 6.13. The fourth-order valence-corrected chi connectivity index (χ4v) is 2.77. The van der Waals surface area contributed by atoms with E-state index in [9.17, 15) is 4.79 Å². The number of carbonyl (C=O) groups excluding carboxylic acids is 1. The van der Waals surface area contributed by atoms with Crippen LogP contribution in [0.1, 0.15) is 5.56 Å². The number of nitrogens with one attached hydrogen (secondary N) is 1. The summed E-state index contributed by atoms with van der Waals surface area (Å²) in [5, 5.41) is 2.88. The Bertz CT molecular complexity index is 567. The third kappa shape index (κ3) is 5.07. The molecular formula is C19H14FeINO+2. The van der Waals surface area contributed by atoms with Crippen molar-refractivity contribution < 1.29 is 21.9 Å². The molecule has 23 heavy (non-hydrogen) atoms. The van der Waals surface area contributed by atoms with E-state index in [1.54, 1.807) is 0 Å². The first-order valence-electron chi connectivity index (χ1n) is 6.95. The molecule has 1 N–H and O–H groups in total.